The first-order chi connectivity index (χ1) is 19.8. The molecule has 1 fully saturated rings. The lowest BCUT2D eigenvalue weighted by atomic mass is 9.90. The Morgan fingerprint density at radius 3 is 2.61 bits per heavy atom. The second kappa shape index (κ2) is 11.0. The number of fused-ring (bicyclic) bond motifs is 2. The zero-order chi connectivity index (χ0) is 28.7. The van der Waals surface area contributed by atoms with Crippen molar-refractivity contribution in [3.63, 3.8) is 0 Å². The van der Waals surface area contributed by atoms with Gasteiger partial charge < -0.3 is 29.0 Å². The Morgan fingerprint density at radius 1 is 1.07 bits per heavy atom. The maximum Gasteiger partial charge on any atom is 0.410 e. The zero-order valence-corrected chi connectivity index (χ0v) is 23.6. The summed E-state index contributed by atoms with van der Waals surface area (Å²) in [6.45, 7) is 8.00. The molecule has 3 aromatic carbocycles. The average Bonchev–Trinajstić information content (AvgIpc) is 3.60. The van der Waals surface area contributed by atoms with Crippen molar-refractivity contribution in [1.82, 2.24) is 4.90 Å². The van der Waals surface area contributed by atoms with Crippen LogP contribution in [-0.4, -0.2) is 54.5 Å². The van der Waals surface area contributed by atoms with E-state index < -0.39 is 5.97 Å². The number of cyclic esters (lactones) is 1. The second-order valence-electron chi connectivity index (χ2n) is 11.2. The van der Waals surface area contributed by atoms with Crippen molar-refractivity contribution in [2.75, 3.05) is 26.3 Å². The van der Waals surface area contributed by atoms with Crippen LogP contribution < -0.4 is 14.2 Å². The molecule has 1 N–H and O–H groups in total. The van der Waals surface area contributed by atoms with E-state index >= 15 is 0 Å². The summed E-state index contributed by atoms with van der Waals surface area (Å²) >= 11 is 0. The summed E-state index contributed by atoms with van der Waals surface area (Å²) in [5, 5.41) is 9.17. The monoisotopic (exact) mass is 557 g/mol. The minimum absolute atomic E-state index is 0.0618. The van der Waals surface area contributed by atoms with Gasteiger partial charge in [0.05, 0.1) is 26.1 Å². The third kappa shape index (κ3) is 5.43. The maximum atomic E-state index is 11.9. The van der Waals surface area contributed by atoms with Gasteiger partial charge in [0, 0.05) is 17.5 Å². The highest BCUT2D eigenvalue weighted by Gasteiger charge is 2.30. The molecule has 3 aliphatic rings. The molecule has 3 atom stereocenters. The second-order valence-corrected chi connectivity index (χ2v) is 11.2. The molecule has 0 aromatic heterocycles. The number of rotatable bonds is 9. The Kier molecular flexibility index (Phi) is 7.24. The molecule has 0 saturated carbocycles. The van der Waals surface area contributed by atoms with Gasteiger partial charge in [0.25, 0.3) is 0 Å². The number of amides is 1. The predicted octanol–water partition coefficient (Wildman–Crippen LogP) is 6.21. The van der Waals surface area contributed by atoms with E-state index in [0.717, 1.165) is 41.0 Å². The first-order valence-electron chi connectivity index (χ1n) is 14.2. The fourth-order valence-corrected chi connectivity index (χ4v) is 6.40. The van der Waals surface area contributed by atoms with Crippen LogP contribution in [0.15, 0.2) is 48.5 Å². The summed E-state index contributed by atoms with van der Waals surface area (Å²) in [5.41, 5.74) is 8.13. The maximum absolute atomic E-state index is 11.9. The fourth-order valence-electron chi connectivity index (χ4n) is 6.40. The molecule has 2 aliphatic heterocycles. The molecule has 214 valence electrons. The summed E-state index contributed by atoms with van der Waals surface area (Å²) in [6.07, 6.45) is 1.43. The van der Waals surface area contributed by atoms with Gasteiger partial charge in [-0.2, -0.15) is 0 Å². The lowest BCUT2D eigenvalue weighted by molar-refractivity contribution is -0.137. The van der Waals surface area contributed by atoms with E-state index in [2.05, 4.69) is 44.2 Å². The number of carbonyl (C=O) groups is 2. The van der Waals surface area contributed by atoms with Gasteiger partial charge in [0.15, 0.2) is 0 Å². The topological polar surface area (TPSA) is 94.5 Å². The molecule has 1 amide bonds. The molecule has 41 heavy (non-hydrogen) atoms. The Labute approximate surface area is 239 Å². The third-order valence-corrected chi connectivity index (χ3v) is 8.22. The zero-order valence-electron chi connectivity index (χ0n) is 23.6. The highest BCUT2D eigenvalue weighted by Crippen LogP contribution is 2.44. The molecule has 6 rings (SSSR count). The number of carboxylic acid groups (broad SMARTS) is 1. The molecular formula is C33H35NO7. The standard InChI is InChI=1S/C33H35NO7/c1-19-13-24(38-12-11-34-17-21(3)40-33(34)37)14-20(2)32(19)28-6-4-5-27-26(28)9-10-29(27)41-23-7-8-25-22(15-31(35)36)18-39-30(25)16-23/h4-8,13-14,16,21-22,29H,9-12,15,17-18H2,1-3H3,(H,35,36)/t21-,22+,29+/m0/s1. The number of ether oxygens (including phenoxy) is 4. The summed E-state index contributed by atoms with van der Waals surface area (Å²) < 4.78 is 23.5. The number of aliphatic carboxylic acids is 1. The highest BCUT2D eigenvalue weighted by molar-refractivity contribution is 5.76. The minimum Gasteiger partial charge on any atom is -0.492 e. The Morgan fingerprint density at radius 2 is 1.88 bits per heavy atom. The summed E-state index contributed by atoms with van der Waals surface area (Å²) in [7, 11) is 0. The fraction of sp³-hybridized carbons (Fsp3) is 0.394. The van der Waals surface area contributed by atoms with E-state index in [1.54, 1.807) is 4.90 Å². The van der Waals surface area contributed by atoms with Gasteiger partial charge in [-0.1, -0.05) is 24.3 Å². The molecule has 2 heterocycles. The van der Waals surface area contributed by atoms with Crippen LogP contribution in [0.1, 0.15) is 59.6 Å². The molecule has 0 spiro atoms. The van der Waals surface area contributed by atoms with Crippen LogP contribution in [0.2, 0.25) is 0 Å². The van der Waals surface area contributed by atoms with Crippen LogP contribution in [0.3, 0.4) is 0 Å². The summed E-state index contributed by atoms with van der Waals surface area (Å²) in [5.74, 6) is 1.29. The molecule has 0 radical (unpaired) electrons. The number of nitrogens with zero attached hydrogens (tertiary/aromatic N) is 1. The molecule has 8 heteroatoms. The normalized spacial score (nSPS) is 20.8. The van der Waals surface area contributed by atoms with Gasteiger partial charge in [-0.3, -0.25) is 4.79 Å². The number of hydrogen-bond acceptors (Lipinski definition) is 6. The van der Waals surface area contributed by atoms with Crippen LogP contribution in [0.25, 0.3) is 11.1 Å². The Hall–Kier alpha value is -4.20. The number of carbonyl (C=O) groups excluding carboxylic acids is 1. The van der Waals surface area contributed by atoms with Crippen molar-refractivity contribution in [2.24, 2.45) is 0 Å². The molecule has 1 saturated heterocycles. The van der Waals surface area contributed by atoms with Crippen molar-refractivity contribution in [2.45, 2.75) is 58.2 Å². The van der Waals surface area contributed by atoms with E-state index in [9.17, 15) is 14.7 Å². The van der Waals surface area contributed by atoms with Gasteiger partial charge in [0.1, 0.15) is 36.1 Å². The molecule has 0 bridgehead atoms. The number of aryl methyl sites for hydroxylation is 2. The van der Waals surface area contributed by atoms with Crippen LogP contribution in [0.4, 0.5) is 4.79 Å². The van der Waals surface area contributed by atoms with E-state index in [-0.39, 0.29) is 30.6 Å². The molecular weight excluding hydrogens is 522 g/mol. The predicted molar refractivity (Wildman–Crippen MR) is 153 cm³/mol. The van der Waals surface area contributed by atoms with Gasteiger partial charge in [-0.15, -0.1) is 0 Å². The Bertz CT molecular complexity index is 1480. The van der Waals surface area contributed by atoms with Crippen LogP contribution in [-0.2, 0) is 16.0 Å². The first kappa shape index (κ1) is 27.0. The van der Waals surface area contributed by atoms with Crippen LogP contribution in [0, 0.1) is 13.8 Å². The molecule has 8 nitrogen and oxygen atoms in total. The Balaban J connectivity index is 1.16. The molecule has 1 aliphatic carbocycles. The third-order valence-electron chi connectivity index (χ3n) is 8.22. The van der Waals surface area contributed by atoms with Gasteiger partial charge in [-0.05, 0) is 85.2 Å². The molecule has 3 aromatic rings. The summed E-state index contributed by atoms with van der Waals surface area (Å²) in [6, 6.07) is 16.3. The average molecular weight is 558 g/mol. The number of benzene rings is 3. The largest absolute Gasteiger partial charge is 0.492 e. The lowest BCUT2D eigenvalue weighted by Crippen LogP contribution is -2.29. The SMILES string of the molecule is Cc1cc(OCCN2C[C@H](C)OC2=O)cc(C)c1-c1cccc2c1CC[C@H]2Oc1ccc2c(c1)OC[C@H]2CC(=O)O. The van der Waals surface area contributed by atoms with Crippen molar-refractivity contribution < 1.29 is 33.6 Å². The van der Waals surface area contributed by atoms with Gasteiger partial charge in [0.2, 0.25) is 0 Å². The molecule has 0 unspecified atom stereocenters. The van der Waals surface area contributed by atoms with Crippen LogP contribution in [0.5, 0.6) is 17.2 Å². The van der Waals surface area contributed by atoms with Crippen molar-refractivity contribution in [3.8, 4) is 28.4 Å². The number of hydrogen-bond donors (Lipinski definition) is 1. The first-order valence-corrected chi connectivity index (χ1v) is 14.2. The van der Waals surface area contributed by atoms with Gasteiger partial charge >= 0.3 is 12.1 Å². The van der Waals surface area contributed by atoms with Gasteiger partial charge in [-0.25, -0.2) is 4.79 Å². The highest BCUT2D eigenvalue weighted by atomic mass is 16.6. The quantitative estimate of drug-likeness (QED) is 0.334. The lowest BCUT2D eigenvalue weighted by Gasteiger charge is -2.19. The van der Waals surface area contributed by atoms with Crippen molar-refractivity contribution >= 4 is 12.1 Å². The minimum atomic E-state index is -0.821. The van der Waals surface area contributed by atoms with Crippen molar-refractivity contribution in [3.05, 3.63) is 76.3 Å². The van der Waals surface area contributed by atoms with E-state index in [0.29, 0.717) is 32.1 Å². The van der Waals surface area contributed by atoms with E-state index in [1.165, 1.54) is 22.3 Å². The van der Waals surface area contributed by atoms with E-state index in [1.807, 2.05) is 25.1 Å². The van der Waals surface area contributed by atoms with Crippen molar-refractivity contribution in [1.29, 1.82) is 0 Å². The smallest absolute Gasteiger partial charge is 0.410 e. The van der Waals surface area contributed by atoms with E-state index in [4.69, 9.17) is 18.9 Å². The number of carboxylic acids is 1. The van der Waals surface area contributed by atoms with Crippen LogP contribution >= 0.6 is 0 Å². The summed E-state index contributed by atoms with van der Waals surface area (Å²) in [4.78, 5) is 24.7.